The Morgan fingerprint density at radius 2 is 1.06 bits per heavy atom. The molecule has 0 radical (unpaired) electrons. The lowest BCUT2D eigenvalue weighted by atomic mass is 10.1. The van der Waals surface area contributed by atoms with Gasteiger partial charge in [-0.1, -0.05) is 54.6 Å². The van der Waals surface area contributed by atoms with Crippen LogP contribution < -0.4 is 0 Å². The number of benzene rings is 3. The van der Waals surface area contributed by atoms with Crippen LogP contribution in [0.3, 0.4) is 0 Å². The van der Waals surface area contributed by atoms with Gasteiger partial charge in [-0.3, -0.25) is 0 Å². The van der Waals surface area contributed by atoms with Crippen LogP contribution in [0.15, 0.2) is 84.9 Å². The Kier molecular flexibility index (Phi) is 9.14. The summed E-state index contributed by atoms with van der Waals surface area (Å²) in [7, 11) is 0. The molecule has 0 spiro atoms. The van der Waals surface area contributed by atoms with Crippen molar-refractivity contribution in [3.8, 4) is 0 Å². The number of esters is 2. The SMILES string of the molecule is O=C(O)c1cccc(C(=O)OCCOC(=O)c2ccccc2C(=O)O)c1.c1ccccc1. The molecule has 0 atom stereocenters. The molecule has 0 heterocycles. The molecule has 0 saturated carbocycles. The quantitative estimate of drug-likeness (QED) is 0.423. The summed E-state index contributed by atoms with van der Waals surface area (Å²) in [6, 6.07) is 22.9. The van der Waals surface area contributed by atoms with Crippen LogP contribution in [0.25, 0.3) is 0 Å². The largest absolute Gasteiger partial charge is 0.478 e. The molecule has 3 rings (SSSR count). The Hall–Kier alpha value is -4.46. The summed E-state index contributed by atoms with van der Waals surface area (Å²) >= 11 is 0. The molecular formula is C24H20O8. The molecule has 3 aromatic rings. The molecule has 0 fully saturated rings. The summed E-state index contributed by atoms with van der Waals surface area (Å²) in [4.78, 5) is 45.7. The van der Waals surface area contributed by atoms with E-state index in [0.29, 0.717) is 0 Å². The van der Waals surface area contributed by atoms with E-state index in [2.05, 4.69) is 0 Å². The predicted molar refractivity (Wildman–Crippen MR) is 114 cm³/mol. The first kappa shape index (κ1) is 23.8. The van der Waals surface area contributed by atoms with Gasteiger partial charge in [0.2, 0.25) is 0 Å². The maximum atomic E-state index is 11.9. The Bertz CT molecular complexity index is 1050. The highest BCUT2D eigenvalue weighted by molar-refractivity contribution is 6.02. The topological polar surface area (TPSA) is 127 Å². The third kappa shape index (κ3) is 7.42. The minimum absolute atomic E-state index is 0.0486. The van der Waals surface area contributed by atoms with Crippen molar-refractivity contribution in [2.24, 2.45) is 0 Å². The number of hydrogen-bond donors (Lipinski definition) is 2. The summed E-state index contributed by atoms with van der Waals surface area (Å²) in [6.07, 6.45) is 0. The standard InChI is InChI=1S/C18H14O8.C6H6/c19-15(20)11-4-3-5-12(10-11)17(23)25-8-9-26-18(24)14-7-2-1-6-13(14)16(21)22;1-2-4-6-5-3-1/h1-7,10H,8-9H2,(H,19,20)(H,21,22);1-6H. The fraction of sp³-hybridized carbons (Fsp3) is 0.0833. The van der Waals surface area contributed by atoms with Crippen LogP contribution >= 0.6 is 0 Å². The zero-order valence-electron chi connectivity index (χ0n) is 16.8. The molecule has 0 bridgehead atoms. The number of carbonyl (C=O) groups excluding carboxylic acids is 2. The van der Waals surface area contributed by atoms with E-state index in [1.807, 2.05) is 36.4 Å². The minimum Gasteiger partial charge on any atom is -0.478 e. The molecule has 8 heteroatoms. The number of carbonyl (C=O) groups is 4. The highest BCUT2D eigenvalue weighted by Gasteiger charge is 2.17. The average molecular weight is 436 g/mol. The van der Waals surface area contributed by atoms with E-state index in [1.165, 1.54) is 48.5 Å². The van der Waals surface area contributed by atoms with Gasteiger partial charge in [0.1, 0.15) is 13.2 Å². The Morgan fingerprint density at radius 3 is 1.59 bits per heavy atom. The van der Waals surface area contributed by atoms with Crippen molar-refractivity contribution in [1.29, 1.82) is 0 Å². The summed E-state index contributed by atoms with van der Waals surface area (Å²) < 4.78 is 9.79. The lowest BCUT2D eigenvalue weighted by Crippen LogP contribution is -2.16. The van der Waals surface area contributed by atoms with Gasteiger partial charge in [-0.2, -0.15) is 0 Å². The molecule has 0 amide bonds. The van der Waals surface area contributed by atoms with Crippen LogP contribution in [0.1, 0.15) is 41.4 Å². The summed E-state index contributed by atoms with van der Waals surface area (Å²) in [5, 5.41) is 17.9. The number of rotatable bonds is 7. The van der Waals surface area contributed by atoms with Crippen molar-refractivity contribution in [1.82, 2.24) is 0 Å². The molecule has 0 aliphatic heterocycles. The van der Waals surface area contributed by atoms with E-state index >= 15 is 0 Å². The molecule has 0 aromatic heterocycles. The van der Waals surface area contributed by atoms with Crippen molar-refractivity contribution < 1.29 is 38.9 Å². The monoisotopic (exact) mass is 436 g/mol. The summed E-state index contributed by atoms with van der Waals surface area (Å²) in [5.41, 5.74) is -0.316. The van der Waals surface area contributed by atoms with Crippen molar-refractivity contribution in [3.63, 3.8) is 0 Å². The van der Waals surface area contributed by atoms with Gasteiger partial charge in [-0.25, -0.2) is 19.2 Å². The molecule has 0 aliphatic rings. The van der Waals surface area contributed by atoms with Crippen LogP contribution in [0, 0.1) is 0 Å². The number of aromatic carboxylic acids is 2. The van der Waals surface area contributed by atoms with Crippen molar-refractivity contribution >= 4 is 23.9 Å². The second-order valence-electron chi connectivity index (χ2n) is 6.16. The fourth-order valence-electron chi connectivity index (χ4n) is 2.44. The van der Waals surface area contributed by atoms with E-state index in [4.69, 9.17) is 19.7 Å². The van der Waals surface area contributed by atoms with Gasteiger partial charge in [-0.15, -0.1) is 0 Å². The number of carboxylic acid groups (broad SMARTS) is 2. The van der Waals surface area contributed by atoms with Crippen molar-refractivity contribution in [2.75, 3.05) is 13.2 Å². The fourth-order valence-corrected chi connectivity index (χ4v) is 2.44. The smallest absolute Gasteiger partial charge is 0.339 e. The highest BCUT2D eigenvalue weighted by atomic mass is 16.6. The van der Waals surface area contributed by atoms with Gasteiger partial charge < -0.3 is 19.7 Å². The molecule has 2 N–H and O–H groups in total. The molecule has 164 valence electrons. The third-order valence-corrected chi connectivity index (χ3v) is 3.94. The molecule has 0 unspecified atom stereocenters. The maximum absolute atomic E-state index is 11.9. The molecule has 3 aromatic carbocycles. The average Bonchev–Trinajstić information content (AvgIpc) is 2.83. The lowest BCUT2D eigenvalue weighted by molar-refractivity contribution is 0.0264. The predicted octanol–water partition coefficient (Wildman–Crippen LogP) is 3.78. The number of hydrogen-bond acceptors (Lipinski definition) is 6. The molecule has 32 heavy (non-hydrogen) atoms. The zero-order chi connectivity index (χ0) is 23.3. The first-order valence-corrected chi connectivity index (χ1v) is 9.40. The van der Waals surface area contributed by atoms with Crippen LogP contribution in [0.2, 0.25) is 0 Å². The van der Waals surface area contributed by atoms with Crippen LogP contribution in [-0.2, 0) is 9.47 Å². The molecule has 0 saturated heterocycles. The second-order valence-corrected chi connectivity index (χ2v) is 6.16. The number of ether oxygens (including phenoxy) is 2. The summed E-state index contributed by atoms with van der Waals surface area (Å²) in [6.45, 7) is -0.547. The molecule has 0 aliphatic carbocycles. The zero-order valence-corrected chi connectivity index (χ0v) is 16.8. The Balaban J connectivity index is 0.000000520. The number of carboxylic acids is 2. The molecule has 8 nitrogen and oxygen atoms in total. The van der Waals surface area contributed by atoms with E-state index in [9.17, 15) is 19.2 Å². The normalized spacial score (nSPS) is 9.62. The highest BCUT2D eigenvalue weighted by Crippen LogP contribution is 2.11. The van der Waals surface area contributed by atoms with E-state index < -0.39 is 23.9 Å². The maximum Gasteiger partial charge on any atom is 0.339 e. The van der Waals surface area contributed by atoms with Crippen LogP contribution in [0.5, 0.6) is 0 Å². The van der Waals surface area contributed by atoms with E-state index in [1.54, 1.807) is 0 Å². The van der Waals surface area contributed by atoms with Gasteiger partial charge >= 0.3 is 23.9 Å². The van der Waals surface area contributed by atoms with Crippen LogP contribution in [-0.4, -0.2) is 47.3 Å². The Morgan fingerprint density at radius 1 is 0.562 bits per heavy atom. The van der Waals surface area contributed by atoms with Gasteiger partial charge in [0.25, 0.3) is 0 Å². The van der Waals surface area contributed by atoms with Gasteiger partial charge in [0.15, 0.2) is 0 Å². The van der Waals surface area contributed by atoms with Crippen LogP contribution in [0.4, 0.5) is 0 Å². The minimum atomic E-state index is -1.26. The molecular weight excluding hydrogens is 416 g/mol. The summed E-state index contributed by atoms with van der Waals surface area (Å²) in [5.74, 6) is -4.06. The Labute approximate surface area is 183 Å². The second kappa shape index (κ2) is 12.3. The van der Waals surface area contributed by atoms with E-state index in [-0.39, 0.29) is 35.5 Å². The van der Waals surface area contributed by atoms with E-state index in [0.717, 1.165) is 0 Å². The first-order chi connectivity index (χ1) is 15.4. The van der Waals surface area contributed by atoms with Gasteiger partial charge in [0.05, 0.1) is 22.3 Å². The lowest BCUT2D eigenvalue weighted by Gasteiger charge is -2.08. The first-order valence-electron chi connectivity index (χ1n) is 9.40. The van der Waals surface area contributed by atoms with Gasteiger partial charge in [-0.05, 0) is 30.3 Å². The third-order valence-electron chi connectivity index (χ3n) is 3.94. The van der Waals surface area contributed by atoms with Gasteiger partial charge in [0, 0.05) is 0 Å². The van der Waals surface area contributed by atoms with Crippen molar-refractivity contribution in [2.45, 2.75) is 0 Å². The van der Waals surface area contributed by atoms with Crippen molar-refractivity contribution in [3.05, 3.63) is 107 Å².